The third kappa shape index (κ3) is 2.77. The molecular weight excluding hydrogens is 228 g/mol. The van der Waals surface area contributed by atoms with Crippen LogP contribution in [0.25, 0.3) is 0 Å². The number of carboxylic acids is 1. The van der Waals surface area contributed by atoms with Gasteiger partial charge in [0.15, 0.2) is 0 Å². The van der Waals surface area contributed by atoms with Crippen LogP contribution in [0, 0.1) is 0 Å². The van der Waals surface area contributed by atoms with Crippen molar-refractivity contribution in [3.05, 3.63) is 53.9 Å². The molecule has 4 nitrogen and oxygen atoms in total. The number of aromatic nitrogens is 2. The van der Waals surface area contributed by atoms with E-state index >= 15 is 0 Å². The second-order valence-electron chi connectivity index (χ2n) is 4.21. The molecule has 0 aliphatic heterocycles. The number of benzene rings is 1. The maximum Gasteiger partial charge on any atom is 0.311 e. The molecule has 0 radical (unpaired) electrons. The van der Waals surface area contributed by atoms with Gasteiger partial charge in [-0.15, -0.1) is 0 Å². The normalized spacial score (nSPS) is 12.3. The highest BCUT2D eigenvalue weighted by molar-refractivity contribution is 5.76. The lowest BCUT2D eigenvalue weighted by atomic mass is 9.93. The van der Waals surface area contributed by atoms with Crippen LogP contribution < -0.4 is 0 Å². The molecule has 0 fully saturated rings. The van der Waals surface area contributed by atoms with E-state index in [-0.39, 0.29) is 0 Å². The van der Waals surface area contributed by atoms with Gasteiger partial charge in [0.1, 0.15) is 0 Å². The Balaban J connectivity index is 2.19. The molecule has 0 aliphatic rings. The average Bonchev–Trinajstić information content (AvgIpc) is 2.84. The predicted molar refractivity (Wildman–Crippen MR) is 68.4 cm³/mol. The third-order valence-corrected chi connectivity index (χ3v) is 2.95. The van der Waals surface area contributed by atoms with E-state index in [1.807, 2.05) is 43.5 Å². The van der Waals surface area contributed by atoms with Crippen LogP contribution in [-0.4, -0.2) is 20.9 Å². The lowest BCUT2D eigenvalue weighted by Gasteiger charge is -2.11. The highest BCUT2D eigenvalue weighted by atomic mass is 16.4. The van der Waals surface area contributed by atoms with Crippen molar-refractivity contribution in [1.29, 1.82) is 0 Å². The van der Waals surface area contributed by atoms with Gasteiger partial charge >= 0.3 is 5.97 Å². The van der Waals surface area contributed by atoms with Crippen LogP contribution in [0.5, 0.6) is 0 Å². The SMILES string of the molecule is CCn1cc(CC(C(=O)O)c2ccccc2)cn1. The van der Waals surface area contributed by atoms with Crippen molar-refractivity contribution in [3.8, 4) is 0 Å². The minimum Gasteiger partial charge on any atom is -0.481 e. The standard InChI is InChI=1S/C14H16N2O2/c1-2-16-10-11(9-15-16)8-13(14(17)18)12-6-4-3-5-7-12/h3-7,9-10,13H,2,8H2,1H3,(H,17,18). The number of rotatable bonds is 5. The molecule has 2 aromatic rings. The van der Waals surface area contributed by atoms with Gasteiger partial charge in [0, 0.05) is 12.7 Å². The molecule has 1 heterocycles. The van der Waals surface area contributed by atoms with Crippen molar-refractivity contribution in [2.45, 2.75) is 25.8 Å². The van der Waals surface area contributed by atoms with E-state index in [2.05, 4.69) is 5.10 Å². The van der Waals surface area contributed by atoms with E-state index < -0.39 is 11.9 Å². The number of nitrogens with zero attached hydrogens (tertiary/aromatic N) is 2. The molecule has 1 N–H and O–H groups in total. The summed E-state index contributed by atoms with van der Waals surface area (Å²) in [7, 11) is 0. The number of carboxylic acid groups (broad SMARTS) is 1. The number of hydrogen-bond donors (Lipinski definition) is 1. The molecule has 0 aliphatic carbocycles. The fraction of sp³-hybridized carbons (Fsp3) is 0.286. The highest BCUT2D eigenvalue weighted by Gasteiger charge is 2.20. The molecule has 1 aromatic heterocycles. The van der Waals surface area contributed by atoms with Crippen LogP contribution in [0.1, 0.15) is 24.0 Å². The molecule has 4 heteroatoms. The van der Waals surface area contributed by atoms with Gasteiger partial charge in [0.25, 0.3) is 0 Å². The summed E-state index contributed by atoms with van der Waals surface area (Å²) in [5, 5.41) is 13.5. The van der Waals surface area contributed by atoms with Gasteiger partial charge in [-0.2, -0.15) is 5.10 Å². The third-order valence-electron chi connectivity index (χ3n) is 2.95. The Labute approximate surface area is 106 Å². The monoisotopic (exact) mass is 244 g/mol. The van der Waals surface area contributed by atoms with Gasteiger partial charge in [0.05, 0.1) is 12.1 Å². The van der Waals surface area contributed by atoms with E-state index in [0.29, 0.717) is 6.42 Å². The second-order valence-corrected chi connectivity index (χ2v) is 4.21. The molecule has 2 rings (SSSR count). The van der Waals surface area contributed by atoms with Crippen LogP contribution in [0.4, 0.5) is 0 Å². The number of aliphatic carboxylic acids is 1. The summed E-state index contributed by atoms with van der Waals surface area (Å²) in [5.74, 6) is -1.31. The summed E-state index contributed by atoms with van der Waals surface area (Å²) in [6.07, 6.45) is 4.11. The first-order valence-electron chi connectivity index (χ1n) is 5.99. The van der Waals surface area contributed by atoms with Gasteiger partial charge in [-0.3, -0.25) is 9.48 Å². The van der Waals surface area contributed by atoms with Crippen LogP contribution in [0.3, 0.4) is 0 Å². The van der Waals surface area contributed by atoms with Gasteiger partial charge in [-0.25, -0.2) is 0 Å². The topological polar surface area (TPSA) is 55.1 Å². The summed E-state index contributed by atoms with van der Waals surface area (Å²) in [5.41, 5.74) is 1.78. The van der Waals surface area contributed by atoms with Crippen LogP contribution in [0.15, 0.2) is 42.7 Å². The van der Waals surface area contributed by atoms with E-state index in [1.54, 1.807) is 10.9 Å². The minimum absolute atomic E-state index is 0.472. The summed E-state index contributed by atoms with van der Waals surface area (Å²) in [6.45, 7) is 2.80. The zero-order chi connectivity index (χ0) is 13.0. The van der Waals surface area contributed by atoms with Crippen molar-refractivity contribution in [2.24, 2.45) is 0 Å². The molecule has 1 unspecified atom stereocenters. The van der Waals surface area contributed by atoms with Crippen LogP contribution in [-0.2, 0) is 17.8 Å². The number of hydrogen-bond acceptors (Lipinski definition) is 2. The quantitative estimate of drug-likeness (QED) is 0.878. The van der Waals surface area contributed by atoms with Crippen molar-refractivity contribution in [3.63, 3.8) is 0 Å². The van der Waals surface area contributed by atoms with Crippen LogP contribution in [0.2, 0.25) is 0 Å². The van der Waals surface area contributed by atoms with Gasteiger partial charge < -0.3 is 5.11 Å². The number of carbonyl (C=O) groups is 1. The van der Waals surface area contributed by atoms with E-state index in [0.717, 1.165) is 17.7 Å². The maximum atomic E-state index is 11.4. The number of aryl methyl sites for hydroxylation is 1. The first-order chi connectivity index (χ1) is 8.70. The molecular formula is C14H16N2O2. The Morgan fingerprint density at radius 1 is 1.39 bits per heavy atom. The minimum atomic E-state index is -0.801. The molecule has 0 amide bonds. The molecule has 0 spiro atoms. The highest BCUT2D eigenvalue weighted by Crippen LogP contribution is 2.20. The fourth-order valence-electron chi connectivity index (χ4n) is 1.95. The van der Waals surface area contributed by atoms with Crippen LogP contribution >= 0.6 is 0 Å². The van der Waals surface area contributed by atoms with Crippen molar-refractivity contribution in [2.75, 3.05) is 0 Å². The lowest BCUT2D eigenvalue weighted by molar-refractivity contribution is -0.138. The van der Waals surface area contributed by atoms with Gasteiger partial charge in [-0.1, -0.05) is 30.3 Å². The smallest absolute Gasteiger partial charge is 0.311 e. The first kappa shape index (κ1) is 12.4. The van der Waals surface area contributed by atoms with Gasteiger partial charge in [-0.05, 0) is 24.5 Å². The summed E-state index contributed by atoms with van der Waals surface area (Å²) in [4.78, 5) is 11.4. The van der Waals surface area contributed by atoms with E-state index in [1.165, 1.54) is 0 Å². The Morgan fingerprint density at radius 2 is 2.11 bits per heavy atom. The molecule has 1 aromatic carbocycles. The Bertz CT molecular complexity index is 520. The molecule has 18 heavy (non-hydrogen) atoms. The lowest BCUT2D eigenvalue weighted by Crippen LogP contribution is -2.14. The van der Waals surface area contributed by atoms with Crippen molar-refractivity contribution in [1.82, 2.24) is 9.78 Å². The van der Waals surface area contributed by atoms with E-state index in [4.69, 9.17) is 0 Å². The summed E-state index contributed by atoms with van der Waals surface area (Å²) in [6, 6.07) is 9.31. The zero-order valence-electron chi connectivity index (χ0n) is 10.3. The first-order valence-corrected chi connectivity index (χ1v) is 5.99. The molecule has 94 valence electrons. The van der Waals surface area contributed by atoms with Gasteiger partial charge in [0.2, 0.25) is 0 Å². The van der Waals surface area contributed by atoms with E-state index in [9.17, 15) is 9.90 Å². The maximum absolute atomic E-state index is 11.4. The summed E-state index contributed by atoms with van der Waals surface area (Å²) >= 11 is 0. The Morgan fingerprint density at radius 3 is 2.67 bits per heavy atom. The largest absolute Gasteiger partial charge is 0.481 e. The predicted octanol–water partition coefficient (Wildman–Crippen LogP) is 2.31. The Kier molecular flexibility index (Phi) is 3.77. The molecule has 0 saturated heterocycles. The zero-order valence-corrected chi connectivity index (χ0v) is 10.3. The van der Waals surface area contributed by atoms with Crippen molar-refractivity contribution >= 4 is 5.97 Å². The second kappa shape index (κ2) is 5.49. The Hall–Kier alpha value is -2.10. The van der Waals surface area contributed by atoms with Crippen molar-refractivity contribution < 1.29 is 9.90 Å². The molecule has 0 bridgehead atoms. The molecule has 0 saturated carbocycles. The summed E-state index contributed by atoms with van der Waals surface area (Å²) < 4.78 is 1.80. The average molecular weight is 244 g/mol. The molecule has 1 atom stereocenters. The fourth-order valence-corrected chi connectivity index (χ4v) is 1.95.